The van der Waals surface area contributed by atoms with Gasteiger partial charge in [0.05, 0.1) is 19.2 Å². The molecule has 0 unspecified atom stereocenters. The third-order valence-corrected chi connectivity index (χ3v) is 5.30. The first-order chi connectivity index (χ1) is 16.1. The molecule has 9 heteroatoms. The molecule has 0 aliphatic carbocycles. The van der Waals surface area contributed by atoms with E-state index in [1.807, 2.05) is 6.07 Å². The fourth-order valence-electron chi connectivity index (χ4n) is 3.55. The number of methoxy groups -OCH3 is 1. The van der Waals surface area contributed by atoms with Gasteiger partial charge in [0.2, 0.25) is 0 Å². The molecule has 3 rings (SSSR count). The van der Waals surface area contributed by atoms with E-state index in [1.54, 1.807) is 54.8 Å². The van der Waals surface area contributed by atoms with Crippen LogP contribution in [0.3, 0.4) is 0 Å². The highest BCUT2D eigenvalue weighted by Crippen LogP contribution is 2.22. The van der Waals surface area contributed by atoms with Gasteiger partial charge in [0.15, 0.2) is 0 Å². The van der Waals surface area contributed by atoms with Gasteiger partial charge in [-0.15, -0.1) is 0 Å². The van der Waals surface area contributed by atoms with E-state index < -0.39 is 23.5 Å². The molecule has 1 heterocycles. The Balaban J connectivity index is 1.75. The van der Waals surface area contributed by atoms with Gasteiger partial charge >= 0.3 is 18.1 Å². The van der Waals surface area contributed by atoms with Crippen LogP contribution >= 0.6 is 0 Å². The minimum atomic E-state index is -0.635. The average Bonchev–Trinajstić information content (AvgIpc) is 2.82. The van der Waals surface area contributed by atoms with Crippen molar-refractivity contribution in [1.29, 1.82) is 0 Å². The fraction of sp³-hybridized carbons (Fsp3) is 0.400. The normalized spacial score (nSPS) is 13.9. The molecular weight excluding hydrogens is 441 g/mol. The van der Waals surface area contributed by atoms with Gasteiger partial charge in [-0.05, 0) is 45.0 Å². The number of nitrogens with zero attached hydrogens (tertiary/aromatic N) is 3. The minimum Gasteiger partial charge on any atom is -0.465 e. The number of amides is 3. The van der Waals surface area contributed by atoms with Crippen LogP contribution in [0.2, 0.25) is 0 Å². The van der Waals surface area contributed by atoms with Crippen molar-refractivity contribution in [3.63, 3.8) is 0 Å². The number of benzene rings is 2. The first-order valence-electron chi connectivity index (χ1n) is 11.0. The molecule has 1 aliphatic heterocycles. The topological polar surface area (TPSA) is 79.4 Å². The molecule has 0 atom stereocenters. The summed E-state index contributed by atoms with van der Waals surface area (Å²) in [7, 11) is 1.23. The molecular formula is C25H30FN3O5. The second-order valence-electron chi connectivity index (χ2n) is 8.96. The Hall–Kier alpha value is -3.62. The van der Waals surface area contributed by atoms with Crippen molar-refractivity contribution in [3.8, 4) is 0 Å². The van der Waals surface area contributed by atoms with Gasteiger partial charge in [-0.2, -0.15) is 0 Å². The highest BCUT2D eigenvalue weighted by Gasteiger charge is 2.30. The molecule has 0 bridgehead atoms. The van der Waals surface area contributed by atoms with E-state index in [-0.39, 0.29) is 23.7 Å². The number of para-hydroxylation sites is 1. The number of esters is 1. The van der Waals surface area contributed by atoms with Crippen LogP contribution in [0, 0.1) is 5.82 Å². The van der Waals surface area contributed by atoms with Crippen molar-refractivity contribution in [3.05, 3.63) is 65.5 Å². The Labute approximate surface area is 198 Å². The number of rotatable bonds is 4. The number of piperazine rings is 1. The van der Waals surface area contributed by atoms with Crippen molar-refractivity contribution >= 4 is 23.8 Å². The maximum absolute atomic E-state index is 14.8. The lowest BCUT2D eigenvalue weighted by Crippen LogP contribution is -2.54. The number of carbonyl (C=O) groups is 3. The van der Waals surface area contributed by atoms with E-state index in [4.69, 9.17) is 4.74 Å². The molecule has 1 saturated heterocycles. The number of anilines is 1. The molecule has 1 aliphatic rings. The van der Waals surface area contributed by atoms with Crippen LogP contribution in [0.15, 0.2) is 48.5 Å². The molecule has 0 spiro atoms. The molecule has 1 fully saturated rings. The zero-order chi connectivity index (χ0) is 24.9. The van der Waals surface area contributed by atoms with Crippen LogP contribution in [0.5, 0.6) is 0 Å². The van der Waals surface area contributed by atoms with E-state index in [9.17, 15) is 18.8 Å². The number of ether oxygens (including phenoxy) is 2. The molecule has 34 heavy (non-hydrogen) atoms. The summed E-state index contributed by atoms with van der Waals surface area (Å²) in [4.78, 5) is 42.2. The van der Waals surface area contributed by atoms with E-state index in [2.05, 4.69) is 4.74 Å². The summed E-state index contributed by atoms with van der Waals surface area (Å²) < 4.78 is 24.8. The summed E-state index contributed by atoms with van der Waals surface area (Å²) in [5, 5.41) is 0. The smallest absolute Gasteiger partial charge is 0.410 e. The van der Waals surface area contributed by atoms with Crippen molar-refractivity contribution in [2.24, 2.45) is 0 Å². The van der Waals surface area contributed by atoms with Gasteiger partial charge in [-0.1, -0.05) is 24.3 Å². The highest BCUT2D eigenvalue weighted by atomic mass is 19.1. The molecule has 3 amide bonds. The lowest BCUT2D eigenvalue weighted by molar-refractivity contribution is 0.0172. The first kappa shape index (κ1) is 25.0. The molecule has 0 radical (unpaired) electrons. The number of halogens is 1. The van der Waals surface area contributed by atoms with E-state index in [1.165, 1.54) is 24.1 Å². The van der Waals surface area contributed by atoms with E-state index >= 15 is 0 Å². The van der Waals surface area contributed by atoms with Gasteiger partial charge in [0, 0.05) is 37.4 Å². The Morgan fingerprint density at radius 3 is 2.15 bits per heavy atom. The van der Waals surface area contributed by atoms with Crippen molar-refractivity contribution in [2.75, 3.05) is 38.2 Å². The molecule has 182 valence electrons. The number of hydrogen-bond acceptors (Lipinski definition) is 5. The zero-order valence-electron chi connectivity index (χ0n) is 19.9. The summed E-state index contributed by atoms with van der Waals surface area (Å²) in [6.07, 6.45) is -0.410. The SMILES string of the molecule is COC(=O)c1ccc(CN(C(=O)N2CCN(C(=O)OC(C)(C)C)CC2)c2ccccc2)c(F)c1. The summed E-state index contributed by atoms with van der Waals surface area (Å²) in [5.41, 5.74) is 0.372. The quantitative estimate of drug-likeness (QED) is 0.622. The second-order valence-corrected chi connectivity index (χ2v) is 8.96. The van der Waals surface area contributed by atoms with Gasteiger partial charge in [-0.3, -0.25) is 4.90 Å². The number of urea groups is 1. The van der Waals surface area contributed by atoms with Gasteiger partial charge in [0.1, 0.15) is 11.4 Å². The molecule has 0 aromatic heterocycles. The lowest BCUT2D eigenvalue weighted by atomic mass is 10.1. The van der Waals surface area contributed by atoms with Crippen LogP contribution < -0.4 is 4.90 Å². The van der Waals surface area contributed by atoms with Crippen LogP contribution in [0.4, 0.5) is 19.7 Å². The lowest BCUT2D eigenvalue weighted by Gasteiger charge is -2.38. The van der Waals surface area contributed by atoms with Crippen molar-refractivity contribution in [2.45, 2.75) is 32.9 Å². The minimum absolute atomic E-state index is 0.0254. The first-order valence-corrected chi connectivity index (χ1v) is 11.0. The Kier molecular flexibility index (Phi) is 7.75. The number of carbonyl (C=O) groups excluding carboxylic acids is 3. The van der Waals surface area contributed by atoms with Gasteiger partial charge in [0.25, 0.3) is 0 Å². The molecule has 0 saturated carbocycles. The molecule has 8 nitrogen and oxygen atoms in total. The Bertz CT molecular complexity index is 1030. The van der Waals surface area contributed by atoms with Crippen LogP contribution in [-0.2, 0) is 16.0 Å². The van der Waals surface area contributed by atoms with Crippen molar-refractivity contribution < 1.29 is 28.2 Å². The Morgan fingerprint density at radius 1 is 0.971 bits per heavy atom. The van der Waals surface area contributed by atoms with Gasteiger partial charge in [-0.25, -0.2) is 18.8 Å². The van der Waals surface area contributed by atoms with Crippen LogP contribution in [-0.4, -0.2) is 66.8 Å². The molecule has 2 aromatic rings. The summed E-state index contributed by atoms with van der Waals surface area (Å²) >= 11 is 0. The van der Waals surface area contributed by atoms with Crippen LogP contribution in [0.25, 0.3) is 0 Å². The zero-order valence-corrected chi connectivity index (χ0v) is 19.9. The summed E-state index contributed by atoms with van der Waals surface area (Å²) in [6, 6.07) is 12.7. The maximum Gasteiger partial charge on any atom is 0.410 e. The molecule has 0 N–H and O–H groups in total. The fourth-order valence-corrected chi connectivity index (χ4v) is 3.55. The highest BCUT2D eigenvalue weighted by molar-refractivity contribution is 5.92. The maximum atomic E-state index is 14.8. The third kappa shape index (κ3) is 6.24. The molecule has 2 aromatic carbocycles. The monoisotopic (exact) mass is 471 g/mol. The average molecular weight is 472 g/mol. The summed E-state index contributed by atoms with van der Waals surface area (Å²) in [5.74, 6) is -1.24. The van der Waals surface area contributed by atoms with Crippen molar-refractivity contribution in [1.82, 2.24) is 9.80 Å². The van der Waals surface area contributed by atoms with Gasteiger partial charge < -0.3 is 19.3 Å². The largest absolute Gasteiger partial charge is 0.465 e. The predicted molar refractivity (Wildman–Crippen MR) is 125 cm³/mol. The standard InChI is InChI=1S/C25H30FN3O5/c1-25(2,3)34-24(32)28-14-12-27(13-15-28)23(31)29(20-8-6-5-7-9-20)17-19-11-10-18(16-21(19)26)22(30)33-4/h5-11,16H,12-15,17H2,1-4H3. The second kappa shape index (κ2) is 10.5. The van der Waals surface area contributed by atoms with Crippen LogP contribution in [0.1, 0.15) is 36.7 Å². The Morgan fingerprint density at radius 2 is 1.59 bits per heavy atom. The number of hydrogen-bond donors (Lipinski definition) is 0. The van der Waals surface area contributed by atoms with E-state index in [0.717, 1.165) is 6.07 Å². The predicted octanol–water partition coefficient (Wildman–Crippen LogP) is 4.29. The summed E-state index contributed by atoms with van der Waals surface area (Å²) in [6.45, 7) is 6.72. The third-order valence-electron chi connectivity index (χ3n) is 5.30. The van der Waals surface area contributed by atoms with E-state index in [0.29, 0.717) is 31.9 Å².